The molecule has 6 nitrogen and oxygen atoms in total. The molecule has 0 spiro atoms. The van der Waals surface area contributed by atoms with E-state index in [-0.39, 0.29) is 11.9 Å². The van der Waals surface area contributed by atoms with Gasteiger partial charge in [-0.1, -0.05) is 0 Å². The van der Waals surface area contributed by atoms with Gasteiger partial charge in [0.1, 0.15) is 0 Å². The summed E-state index contributed by atoms with van der Waals surface area (Å²) in [6, 6.07) is 21.6. The van der Waals surface area contributed by atoms with Crippen LogP contribution in [0.15, 0.2) is 72.8 Å². The molecule has 3 heterocycles. The zero-order valence-corrected chi connectivity index (χ0v) is 24.0. The molecule has 0 amide bonds. The third-order valence-electron chi connectivity index (χ3n) is 4.35. The molecule has 0 unspecified atom stereocenters. The fourth-order valence-electron chi connectivity index (χ4n) is 2.85. The van der Waals surface area contributed by atoms with E-state index in [2.05, 4.69) is 3.07 Å². The van der Waals surface area contributed by atoms with Gasteiger partial charge in [-0.3, -0.25) is 0 Å². The summed E-state index contributed by atoms with van der Waals surface area (Å²) in [7, 11) is 5.85. The van der Waals surface area contributed by atoms with Crippen LogP contribution in [0, 0.1) is 10.7 Å². The Morgan fingerprint density at radius 3 is 1.61 bits per heavy atom. The van der Waals surface area contributed by atoms with Gasteiger partial charge in [0.15, 0.2) is 0 Å². The van der Waals surface area contributed by atoms with Crippen molar-refractivity contribution in [2.75, 3.05) is 4.93 Å². The maximum atomic E-state index is 12.9. The molecule has 0 fully saturated rings. The average Bonchev–Trinajstić information content (AvgIpc) is 3.41. The molecule has 3 aliphatic rings. The molecule has 0 aromatic heterocycles. The summed E-state index contributed by atoms with van der Waals surface area (Å²) < 4.78 is 30.0. The number of carbonyl (C=O) groups is 3. The summed E-state index contributed by atoms with van der Waals surface area (Å²) in [5, 5.41) is 0. The Hall–Kier alpha value is -1.52. The number of benzene rings is 3. The Morgan fingerprint density at radius 2 is 1.06 bits per heavy atom. The van der Waals surface area contributed by atoms with Gasteiger partial charge >= 0.3 is 219 Å². The van der Waals surface area contributed by atoms with Crippen molar-refractivity contribution in [1.29, 1.82) is 0 Å². The van der Waals surface area contributed by atoms with Crippen LogP contribution < -0.4 is 0 Å². The predicted molar refractivity (Wildman–Crippen MR) is 147 cm³/mol. The molecule has 0 N–H and O–H groups in total. The number of halogens is 5. The SMILES string of the molecule is CI1OC(=O)c2ccccc21.O=C1OI(Cl)c2ccccc21.O=C1OI(F)c2ccccc21. The fourth-order valence-corrected chi connectivity index (χ4v) is 11.4. The van der Waals surface area contributed by atoms with Crippen molar-refractivity contribution in [2.24, 2.45) is 0 Å². The first-order chi connectivity index (χ1) is 15.9. The van der Waals surface area contributed by atoms with Crippen LogP contribution in [0.1, 0.15) is 31.1 Å². The topological polar surface area (TPSA) is 78.9 Å². The second kappa shape index (κ2) is 10.8. The summed E-state index contributed by atoms with van der Waals surface area (Å²) in [5.41, 5.74) is 1.83. The molecule has 3 aromatic rings. The molecule has 0 bridgehead atoms. The molecule has 0 saturated carbocycles. The standard InChI is InChI=1S/C8H7IO2.C7H4ClIO2.C7H4FIO2/c1-9-7-5-3-2-4-6(7)8(10)11-9;2*8-9-6-4-2-1-3-5(6)7(10)11-9/h2-5H,1H3;2*1-4H. The van der Waals surface area contributed by atoms with Crippen LogP contribution in [0.2, 0.25) is 0 Å². The van der Waals surface area contributed by atoms with Crippen molar-refractivity contribution in [2.45, 2.75) is 0 Å². The molecular formula is C22H15ClFI3O6. The van der Waals surface area contributed by atoms with Gasteiger partial charge < -0.3 is 0 Å². The van der Waals surface area contributed by atoms with Gasteiger partial charge in [0.25, 0.3) is 0 Å². The number of hydrogen-bond donors (Lipinski definition) is 0. The van der Waals surface area contributed by atoms with Crippen molar-refractivity contribution in [3.05, 3.63) is 100 Å². The Kier molecular flexibility index (Phi) is 8.07. The zero-order chi connectivity index (χ0) is 23.5. The van der Waals surface area contributed by atoms with Gasteiger partial charge in [-0.2, -0.15) is 0 Å². The number of hydrogen-bond acceptors (Lipinski definition) is 6. The Balaban J connectivity index is 0.000000118. The van der Waals surface area contributed by atoms with E-state index in [0.717, 1.165) is 12.7 Å². The first-order valence-corrected chi connectivity index (χ1v) is 20.7. The van der Waals surface area contributed by atoms with Crippen LogP contribution >= 0.6 is 69.1 Å². The van der Waals surface area contributed by atoms with Crippen LogP contribution in [0.5, 0.6) is 0 Å². The first kappa shape index (κ1) is 24.6. The van der Waals surface area contributed by atoms with E-state index in [1.807, 2.05) is 47.4 Å². The number of fused-ring (bicyclic) bond motifs is 3. The third-order valence-corrected chi connectivity index (χ3v) is 14.7. The Bertz CT molecular complexity index is 1090. The van der Waals surface area contributed by atoms with Gasteiger partial charge in [0.05, 0.1) is 0 Å². The normalized spacial score (nSPS) is 17.9. The molecule has 33 heavy (non-hydrogen) atoms. The number of alkyl halides is 1. The molecule has 0 aliphatic carbocycles. The second-order valence-electron chi connectivity index (χ2n) is 6.37. The van der Waals surface area contributed by atoms with Gasteiger partial charge in [0, 0.05) is 0 Å². The minimum absolute atomic E-state index is 0.131. The molecule has 0 saturated heterocycles. The van der Waals surface area contributed by atoms with E-state index >= 15 is 0 Å². The first-order valence-electron chi connectivity index (χ1n) is 9.15. The molecule has 6 rings (SSSR count). The van der Waals surface area contributed by atoms with Crippen LogP contribution in [-0.2, 0) is 9.20 Å². The monoisotopic (exact) mass is 810 g/mol. The molecule has 11 heteroatoms. The fraction of sp³-hybridized carbons (Fsp3) is 0.0455. The molecule has 3 aliphatic heterocycles. The molecular weight excluding hydrogens is 795 g/mol. The Labute approximate surface area is 216 Å². The van der Waals surface area contributed by atoms with Crippen molar-refractivity contribution >= 4 is 87.0 Å². The molecule has 0 radical (unpaired) electrons. The summed E-state index contributed by atoms with van der Waals surface area (Å²) in [4.78, 5) is 35.0. The van der Waals surface area contributed by atoms with Gasteiger partial charge in [0.2, 0.25) is 0 Å². The van der Waals surface area contributed by atoms with Gasteiger partial charge in [-0.15, -0.1) is 0 Å². The molecule has 0 atom stereocenters. The van der Waals surface area contributed by atoms with Crippen LogP contribution in [-0.4, -0.2) is 22.8 Å². The molecule has 3 aromatic carbocycles. The van der Waals surface area contributed by atoms with Crippen LogP contribution in [0.4, 0.5) is 2.86 Å². The van der Waals surface area contributed by atoms with Crippen molar-refractivity contribution in [3.63, 3.8) is 0 Å². The third kappa shape index (κ3) is 5.43. The summed E-state index contributed by atoms with van der Waals surface area (Å²) >= 11 is -6.58. The van der Waals surface area contributed by atoms with E-state index in [0.29, 0.717) is 14.7 Å². The van der Waals surface area contributed by atoms with Crippen molar-refractivity contribution in [3.8, 4) is 0 Å². The maximum absolute atomic E-state index is 12.9. The van der Waals surface area contributed by atoms with E-state index < -0.39 is 66.1 Å². The van der Waals surface area contributed by atoms with E-state index in [1.54, 1.807) is 30.3 Å². The zero-order valence-electron chi connectivity index (χ0n) is 16.8. The summed E-state index contributed by atoms with van der Waals surface area (Å²) in [5.74, 6) is -0.901. The summed E-state index contributed by atoms with van der Waals surface area (Å²) in [6.45, 7) is 0. The van der Waals surface area contributed by atoms with E-state index in [9.17, 15) is 17.2 Å². The van der Waals surface area contributed by atoms with Crippen LogP contribution in [0.25, 0.3) is 0 Å². The minimum atomic E-state index is -3.02. The predicted octanol–water partition coefficient (Wildman–Crippen LogP) is 7.01. The quantitative estimate of drug-likeness (QED) is 0.180. The second-order valence-corrected chi connectivity index (χ2v) is 17.7. The summed E-state index contributed by atoms with van der Waals surface area (Å²) in [6.07, 6.45) is 0. The van der Waals surface area contributed by atoms with E-state index in [4.69, 9.17) is 15.0 Å². The Morgan fingerprint density at radius 1 is 0.636 bits per heavy atom. The van der Waals surface area contributed by atoms with E-state index in [1.165, 1.54) is 0 Å². The number of carbonyl (C=O) groups excluding carboxylic acids is 3. The van der Waals surface area contributed by atoms with Gasteiger partial charge in [-0.05, 0) is 0 Å². The van der Waals surface area contributed by atoms with Crippen molar-refractivity contribution < 1.29 is 26.4 Å². The van der Waals surface area contributed by atoms with Crippen LogP contribution in [0.3, 0.4) is 0 Å². The average molecular weight is 811 g/mol. The van der Waals surface area contributed by atoms with Crippen molar-refractivity contribution in [1.82, 2.24) is 0 Å². The molecule has 174 valence electrons. The van der Waals surface area contributed by atoms with Gasteiger partial charge in [-0.25, -0.2) is 0 Å². The number of rotatable bonds is 0.